The molecular weight excluding hydrogens is 426 g/mol. The number of hydrogen-bond acceptors (Lipinski definition) is 4. The fourth-order valence-corrected chi connectivity index (χ4v) is 6.89. The maximum absolute atomic E-state index is 14.2. The van der Waals surface area contributed by atoms with Crippen LogP contribution in [0.1, 0.15) is 53.4 Å². The first kappa shape index (κ1) is 20.8. The van der Waals surface area contributed by atoms with Crippen molar-refractivity contribution in [2.24, 2.45) is 11.8 Å². The van der Waals surface area contributed by atoms with Crippen LogP contribution in [-0.4, -0.2) is 24.7 Å². The standard InChI is InChI=1S/C29H25NO4/c1-16(31)17-13-14-23(34-4)22(15-17)30-26(32)24-25(27(30)33)29(3)20-11-7-5-9-18(20)28(24,2)19-10-6-8-12-21(19)29/h5-15,24-25H,1-4H3/t24-,25-,28?,29?/m1/s1. The van der Waals surface area contributed by atoms with Crippen LogP contribution in [0.5, 0.6) is 5.75 Å². The molecule has 1 saturated heterocycles. The number of Topliss-reactive ketones (excluding diaryl/α,β-unsaturated/α-hetero) is 1. The fraction of sp³-hybridized carbons (Fsp3) is 0.276. The molecule has 3 aromatic carbocycles. The largest absolute Gasteiger partial charge is 0.495 e. The fourth-order valence-electron chi connectivity index (χ4n) is 6.89. The second-order valence-corrected chi connectivity index (χ2v) is 9.91. The second-order valence-electron chi connectivity index (χ2n) is 9.91. The first-order valence-electron chi connectivity index (χ1n) is 11.5. The molecule has 0 N–H and O–H groups in total. The van der Waals surface area contributed by atoms with Gasteiger partial charge in [-0.25, -0.2) is 4.90 Å². The summed E-state index contributed by atoms with van der Waals surface area (Å²) in [6.45, 7) is 5.66. The van der Waals surface area contributed by atoms with Crippen LogP contribution in [0.25, 0.3) is 0 Å². The number of nitrogens with zero attached hydrogens (tertiary/aromatic N) is 1. The van der Waals surface area contributed by atoms with E-state index in [9.17, 15) is 14.4 Å². The monoisotopic (exact) mass is 451 g/mol. The van der Waals surface area contributed by atoms with Crippen LogP contribution in [0.2, 0.25) is 0 Å². The third-order valence-corrected chi connectivity index (χ3v) is 8.47. The van der Waals surface area contributed by atoms with Gasteiger partial charge in [0.1, 0.15) is 5.75 Å². The average molecular weight is 452 g/mol. The minimum absolute atomic E-state index is 0.140. The number of amides is 2. The molecule has 4 aliphatic rings. The number of anilines is 1. The molecule has 0 unspecified atom stereocenters. The molecule has 7 rings (SSSR count). The third-order valence-electron chi connectivity index (χ3n) is 8.47. The molecule has 1 fully saturated rings. The Hall–Kier alpha value is -3.73. The molecule has 1 heterocycles. The van der Waals surface area contributed by atoms with E-state index < -0.39 is 22.7 Å². The summed E-state index contributed by atoms with van der Waals surface area (Å²) >= 11 is 0. The summed E-state index contributed by atoms with van der Waals surface area (Å²) in [5.41, 5.74) is 3.87. The van der Waals surface area contributed by atoms with Gasteiger partial charge in [0.25, 0.3) is 0 Å². The summed E-state index contributed by atoms with van der Waals surface area (Å²) < 4.78 is 5.53. The molecule has 0 spiro atoms. The maximum Gasteiger partial charge on any atom is 0.239 e. The highest BCUT2D eigenvalue weighted by molar-refractivity contribution is 6.25. The summed E-state index contributed by atoms with van der Waals surface area (Å²) in [7, 11) is 1.50. The SMILES string of the molecule is COc1ccc(C(C)=O)cc1N1C(=O)[C@H]2[C@H](C1=O)C1(C)c3ccccc3C2(C)c2ccccc21. The molecule has 0 radical (unpaired) electrons. The normalized spacial score (nSPS) is 28.4. The molecule has 2 amide bonds. The lowest BCUT2D eigenvalue weighted by atomic mass is 9.42. The summed E-state index contributed by atoms with van der Waals surface area (Å²) in [6.07, 6.45) is 0. The Morgan fingerprint density at radius 1 is 0.794 bits per heavy atom. The summed E-state index contributed by atoms with van der Waals surface area (Å²) in [5.74, 6) is -1.35. The Morgan fingerprint density at radius 3 is 1.62 bits per heavy atom. The minimum Gasteiger partial charge on any atom is -0.495 e. The predicted octanol–water partition coefficient (Wildman–Crippen LogP) is 4.64. The number of hydrogen-bond donors (Lipinski definition) is 0. The average Bonchev–Trinajstić information content (AvgIpc) is 3.13. The molecular formula is C29H25NO4. The van der Waals surface area contributed by atoms with E-state index >= 15 is 0 Å². The molecule has 2 bridgehead atoms. The van der Waals surface area contributed by atoms with E-state index in [4.69, 9.17) is 4.74 Å². The second kappa shape index (κ2) is 6.66. The molecule has 0 aromatic heterocycles. The van der Waals surface area contributed by atoms with Gasteiger partial charge in [0.2, 0.25) is 11.8 Å². The number of ketones is 1. The van der Waals surface area contributed by atoms with Crippen LogP contribution in [0.4, 0.5) is 5.69 Å². The van der Waals surface area contributed by atoms with Crippen molar-refractivity contribution < 1.29 is 19.1 Å². The molecule has 3 aromatic rings. The van der Waals surface area contributed by atoms with E-state index in [1.807, 2.05) is 24.3 Å². The number of benzene rings is 3. The number of methoxy groups -OCH3 is 1. The van der Waals surface area contributed by atoms with E-state index in [0.29, 0.717) is 17.0 Å². The first-order chi connectivity index (χ1) is 16.3. The van der Waals surface area contributed by atoms with Crippen molar-refractivity contribution in [2.45, 2.75) is 31.6 Å². The molecule has 0 saturated carbocycles. The molecule has 34 heavy (non-hydrogen) atoms. The van der Waals surface area contributed by atoms with Gasteiger partial charge in [-0.05, 0) is 47.4 Å². The van der Waals surface area contributed by atoms with Gasteiger partial charge in [0.05, 0.1) is 24.6 Å². The topological polar surface area (TPSA) is 63.7 Å². The summed E-state index contributed by atoms with van der Waals surface area (Å²) in [5, 5.41) is 0. The van der Waals surface area contributed by atoms with Gasteiger partial charge in [-0.15, -0.1) is 0 Å². The molecule has 2 atom stereocenters. The number of carbonyl (C=O) groups excluding carboxylic acids is 3. The lowest BCUT2D eigenvalue weighted by molar-refractivity contribution is -0.124. The lowest BCUT2D eigenvalue weighted by Gasteiger charge is -2.57. The van der Waals surface area contributed by atoms with Gasteiger partial charge in [0.15, 0.2) is 5.78 Å². The highest BCUT2D eigenvalue weighted by Gasteiger charge is 2.70. The van der Waals surface area contributed by atoms with Gasteiger partial charge in [-0.1, -0.05) is 62.4 Å². The number of imide groups is 1. The van der Waals surface area contributed by atoms with Gasteiger partial charge in [0, 0.05) is 16.4 Å². The van der Waals surface area contributed by atoms with E-state index in [2.05, 4.69) is 38.1 Å². The lowest BCUT2D eigenvalue weighted by Crippen LogP contribution is -2.59. The van der Waals surface area contributed by atoms with Crippen LogP contribution in [0, 0.1) is 11.8 Å². The minimum atomic E-state index is -0.650. The van der Waals surface area contributed by atoms with Gasteiger partial charge in [-0.2, -0.15) is 0 Å². The van der Waals surface area contributed by atoms with E-state index in [0.717, 1.165) is 22.3 Å². The maximum atomic E-state index is 14.2. The Labute approximate surface area is 198 Å². The van der Waals surface area contributed by atoms with Gasteiger partial charge in [-0.3, -0.25) is 14.4 Å². The van der Waals surface area contributed by atoms with Crippen molar-refractivity contribution in [1.82, 2.24) is 0 Å². The van der Waals surface area contributed by atoms with Crippen LogP contribution < -0.4 is 9.64 Å². The zero-order chi connectivity index (χ0) is 24.0. The Morgan fingerprint density at radius 2 is 1.24 bits per heavy atom. The van der Waals surface area contributed by atoms with Crippen molar-refractivity contribution >= 4 is 23.3 Å². The summed E-state index contributed by atoms with van der Waals surface area (Å²) in [6, 6.07) is 21.3. The first-order valence-corrected chi connectivity index (χ1v) is 11.5. The molecule has 5 nitrogen and oxygen atoms in total. The quantitative estimate of drug-likeness (QED) is 0.430. The van der Waals surface area contributed by atoms with Crippen LogP contribution >= 0.6 is 0 Å². The van der Waals surface area contributed by atoms with Crippen molar-refractivity contribution in [3.05, 3.63) is 94.5 Å². The highest BCUT2D eigenvalue weighted by atomic mass is 16.5. The molecule has 170 valence electrons. The van der Waals surface area contributed by atoms with Crippen molar-refractivity contribution in [2.75, 3.05) is 12.0 Å². The van der Waals surface area contributed by atoms with Crippen LogP contribution in [-0.2, 0) is 20.4 Å². The highest BCUT2D eigenvalue weighted by Crippen LogP contribution is 2.66. The van der Waals surface area contributed by atoms with Crippen molar-refractivity contribution in [3.8, 4) is 5.75 Å². The zero-order valence-electron chi connectivity index (χ0n) is 19.6. The third kappa shape index (κ3) is 2.22. The molecule has 1 aliphatic heterocycles. The van der Waals surface area contributed by atoms with Crippen LogP contribution in [0.3, 0.4) is 0 Å². The van der Waals surface area contributed by atoms with E-state index in [1.165, 1.54) is 18.9 Å². The summed E-state index contributed by atoms with van der Waals surface area (Å²) in [4.78, 5) is 41.8. The van der Waals surface area contributed by atoms with E-state index in [-0.39, 0.29) is 17.6 Å². The smallest absolute Gasteiger partial charge is 0.239 e. The Kier molecular flexibility index (Phi) is 4.08. The van der Waals surface area contributed by atoms with Crippen molar-refractivity contribution in [3.63, 3.8) is 0 Å². The predicted molar refractivity (Wildman–Crippen MR) is 128 cm³/mol. The molecule has 3 aliphatic carbocycles. The van der Waals surface area contributed by atoms with Crippen molar-refractivity contribution in [1.29, 1.82) is 0 Å². The number of ether oxygens (including phenoxy) is 1. The number of rotatable bonds is 3. The Balaban J connectivity index is 1.63. The van der Waals surface area contributed by atoms with E-state index in [1.54, 1.807) is 18.2 Å². The Bertz CT molecular complexity index is 1300. The van der Waals surface area contributed by atoms with Gasteiger partial charge >= 0.3 is 0 Å². The van der Waals surface area contributed by atoms with Gasteiger partial charge < -0.3 is 4.74 Å². The molecule has 5 heteroatoms. The number of carbonyl (C=O) groups is 3. The zero-order valence-corrected chi connectivity index (χ0v) is 19.6. The van der Waals surface area contributed by atoms with Crippen LogP contribution in [0.15, 0.2) is 66.7 Å².